The zero-order valence-electron chi connectivity index (χ0n) is 21.4. The van der Waals surface area contributed by atoms with Crippen LogP contribution in [0, 0.1) is 12.8 Å². The predicted molar refractivity (Wildman–Crippen MR) is 142 cm³/mol. The molecule has 0 aliphatic carbocycles. The molecule has 0 saturated carbocycles. The molecule has 0 radical (unpaired) electrons. The molecule has 10 nitrogen and oxygen atoms in total. The number of aryl methyl sites for hydroxylation is 1. The van der Waals surface area contributed by atoms with Gasteiger partial charge in [0.25, 0.3) is 0 Å². The number of hydrogen-bond acceptors (Lipinski definition) is 9. The van der Waals surface area contributed by atoms with E-state index in [1.54, 1.807) is 12.1 Å². The number of rotatable bonds is 10. The van der Waals surface area contributed by atoms with Gasteiger partial charge in [-0.05, 0) is 49.1 Å². The molecule has 1 amide bonds. The fraction of sp³-hybridized carbons (Fsp3) is 0.423. The largest absolute Gasteiger partial charge is 0.366 e. The molecule has 3 aromatic rings. The summed E-state index contributed by atoms with van der Waals surface area (Å²) in [5.74, 6) is 1.47. The van der Waals surface area contributed by atoms with Gasteiger partial charge in [0.1, 0.15) is 0 Å². The zero-order valence-corrected chi connectivity index (χ0v) is 21.4. The van der Waals surface area contributed by atoms with E-state index < -0.39 is 5.91 Å². The van der Waals surface area contributed by atoms with Gasteiger partial charge < -0.3 is 21.3 Å². The first-order valence-corrected chi connectivity index (χ1v) is 12.3. The summed E-state index contributed by atoms with van der Waals surface area (Å²) in [6, 6.07) is 11.5. The van der Waals surface area contributed by atoms with Gasteiger partial charge in [-0.1, -0.05) is 26.0 Å². The van der Waals surface area contributed by atoms with E-state index >= 15 is 0 Å². The number of nitrogens with zero attached hydrogens (tertiary/aromatic N) is 6. The lowest BCUT2D eigenvalue weighted by Crippen LogP contribution is -2.28. The normalized spacial score (nSPS) is 15.8. The van der Waals surface area contributed by atoms with Crippen molar-refractivity contribution in [3.05, 3.63) is 59.4 Å². The van der Waals surface area contributed by atoms with Crippen molar-refractivity contribution < 1.29 is 4.79 Å². The highest BCUT2D eigenvalue weighted by atomic mass is 16.1. The summed E-state index contributed by atoms with van der Waals surface area (Å²) in [5, 5.41) is 6.78. The van der Waals surface area contributed by atoms with Crippen LogP contribution in [-0.4, -0.2) is 63.5 Å². The van der Waals surface area contributed by atoms with Crippen molar-refractivity contribution >= 4 is 29.4 Å². The van der Waals surface area contributed by atoms with Crippen molar-refractivity contribution in [3.8, 4) is 0 Å². The first-order chi connectivity index (χ1) is 17.3. The molecule has 10 heteroatoms. The highest BCUT2D eigenvalue weighted by Gasteiger charge is 2.24. The lowest BCUT2D eigenvalue weighted by Gasteiger charge is -2.21. The number of primary amides is 1. The molecule has 0 spiro atoms. The Hall–Kier alpha value is -3.79. The maximum absolute atomic E-state index is 11.7. The van der Waals surface area contributed by atoms with E-state index in [0.29, 0.717) is 29.3 Å². The fourth-order valence-electron chi connectivity index (χ4n) is 4.31. The van der Waals surface area contributed by atoms with Gasteiger partial charge in [-0.25, -0.2) is 0 Å². The van der Waals surface area contributed by atoms with E-state index in [9.17, 15) is 4.79 Å². The molecule has 36 heavy (non-hydrogen) atoms. The third kappa shape index (κ3) is 6.66. The summed E-state index contributed by atoms with van der Waals surface area (Å²) >= 11 is 0. The number of benzene rings is 1. The molecule has 1 aliphatic heterocycles. The summed E-state index contributed by atoms with van der Waals surface area (Å²) in [4.78, 5) is 34.6. The number of nitrogens with two attached hydrogens (primary N) is 1. The SMILES string of the molecule is Cc1ccc(C(N)=O)cc1Nc1nc(N[C@H]2CCN(Cc3ccccn3)C2)nc(N(C)CC(C)C)n1. The number of amides is 1. The number of anilines is 4. The molecule has 1 saturated heterocycles. The molecule has 190 valence electrons. The number of aromatic nitrogens is 4. The molecule has 4 N–H and O–H groups in total. The minimum atomic E-state index is -0.482. The summed E-state index contributed by atoms with van der Waals surface area (Å²) in [6.45, 7) is 9.74. The number of carbonyl (C=O) groups is 1. The third-order valence-corrected chi connectivity index (χ3v) is 6.09. The monoisotopic (exact) mass is 489 g/mol. The zero-order chi connectivity index (χ0) is 25.7. The lowest BCUT2D eigenvalue weighted by molar-refractivity contribution is 0.100. The van der Waals surface area contributed by atoms with Crippen LogP contribution in [0.5, 0.6) is 0 Å². The number of pyridine rings is 1. The van der Waals surface area contributed by atoms with Crippen molar-refractivity contribution in [1.29, 1.82) is 0 Å². The topological polar surface area (TPSA) is 125 Å². The molecule has 3 heterocycles. The van der Waals surface area contributed by atoms with Crippen LogP contribution in [0.2, 0.25) is 0 Å². The minimum absolute atomic E-state index is 0.215. The van der Waals surface area contributed by atoms with Crippen LogP contribution in [0.4, 0.5) is 23.5 Å². The van der Waals surface area contributed by atoms with Crippen LogP contribution < -0.4 is 21.3 Å². The Labute approximate surface area is 212 Å². The predicted octanol–water partition coefficient (Wildman–Crippen LogP) is 3.20. The van der Waals surface area contributed by atoms with Gasteiger partial charge in [0.2, 0.25) is 23.8 Å². The molecule has 4 rings (SSSR count). The van der Waals surface area contributed by atoms with E-state index in [-0.39, 0.29) is 6.04 Å². The van der Waals surface area contributed by atoms with Gasteiger partial charge >= 0.3 is 0 Å². The maximum atomic E-state index is 11.7. The number of likely N-dealkylation sites (tertiary alicyclic amines) is 1. The maximum Gasteiger partial charge on any atom is 0.248 e. The molecule has 0 bridgehead atoms. The minimum Gasteiger partial charge on any atom is -0.366 e. The Morgan fingerprint density at radius 3 is 2.72 bits per heavy atom. The average molecular weight is 490 g/mol. The molecule has 1 aromatic carbocycles. The van der Waals surface area contributed by atoms with Crippen LogP contribution in [0.3, 0.4) is 0 Å². The second kappa shape index (κ2) is 11.3. The van der Waals surface area contributed by atoms with Crippen molar-refractivity contribution in [2.45, 2.75) is 39.8 Å². The van der Waals surface area contributed by atoms with Crippen molar-refractivity contribution in [1.82, 2.24) is 24.8 Å². The fourth-order valence-corrected chi connectivity index (χ4v) is 4.31. The molecule has 1 aliphatic rings. The Morgan fingerprint density at radius 2 is 2.00 bits per heavy atom. The second-order valence-electron chi connectivity index (χ2n) is 9.76. The van der Waals surface area contributed by atoms with E-state index in [1.165, 1.54) is 0 Å². The van der Waals surface area contributed by atoms with E-state index in [2.05, 4.69) is 50.4 Å². The second-order valence-corrected chi connectivity index (χ2v) is 9.76. The van der Waals surface area contributed by atoms with Gasteiger partial charge in [-0.2, -0.15) is 15.0 Å². The molecule has 1 fully saturated rings. The number of nitrogens with one attached hydrogen (secondary N) is 2. The molecule has 1 atom stereocenters. The molecular weight excluding hydrogens is 454 g/mol. The van der Waals surface area contributed by atoms with Gasteiger partial charge in [-0.3, -0.25) is 14.7 Å². The van der Waals surface area contributed by atoms with E-state index in [0.717, 1.165) is 49.5 Å². The highest BCUT2D eigenvalue weighted by Crippen LogP contribution is 2.23. The van der Waals surface area contributed by atoms with Crippen LogP contribution in [0.15, 0.2) is 42.6 Å². The lowest BCUT2D eigenvalue weighted by atomic mass is 10.1. The van der Waals surface area contributed by atoms with Crippen LogP contribution >= 0.6 is 0 Å². The van der Waals surface area contributed by atoms with Crippen molar-refractivity contribution in [2.24, 2.45) is 11.7 Å². The molecule has 2 aromatic heterocycles. The third-order valence-electron chi connectivity index (χ3n) is 6.09. The number of carbonyl (C=O) groups excluding carboxylic acids is 1. The summed E-state index contributed by atoms with van der Waals surface area (Å²) in [5.41, 5.74) is 8.64. The Morgan fingerprint density at radius 1 is 1.19 bits per heavy atom. The van der Waals surface area contributed by atoms with Gasteiger partial charge in [0, 0.05) is 56.7 Å². The average Bonchev–Trinajstić information content (AvgIpc) is 3.27. The standard InChI is InChI=1S/C26H35N9O/c1-17(2)14-34(4)26-32-24(29-21-10-12-35(16-21)15-20-7-5-6-11-28-20)31-25(33-26)30-22-13-19(23(27)36)9-8-18(22)3/h5-9,11,13,17,21H,10,12,14-16H2,1-4H3,(H2,27,36)(H2,29,30,31,32,33)/t21-/m0/s1. The first-order valence-electron chi connectivity index (χ1n) is 12.3. The Bertz CT molecular complexity index is 1190. The first kappa shape index (κ1) is 25.3. The van der Waals surface area contributed by atoms with Crippen LogP contribution in [0.1, 0.15) is 41.9 Å². The van der Waals surface area contributed by atoms with Gasteiger partial charge in [0.05, 0.1) is 5.69 Å². The molecule has 0 unspecified atom stereocenters. The van der Waals surface area contributed by atoms with E-state index in [4.69, 9.17) is 10.7 Å². The number of hydrogen-bond donors (Lipinski definition) is 3. The van der Waals surface area contributed by atoms with Gasteiger partial charge in [0.15, 0.2) is 0 Å². The van der Waals surface area contributed by atoms with Crippen LogP contribution in [-0.2, 0) is 6.54 Å². The quantitative estimate of drug-likeness (QED) is 0.394. The van der Waals surface area contributed by atoms with Crippen molar-refractivity contribution in [3.63, 3.8) is 0 Å². The molecular formula is C26H35N9O. The smallest absolute Gasteiger partial charge is 0.248 e. The summed E-state index contributed by atoms with van der Waals surface area (Å²) in [6.07, 6.45) is 2.81. The van der Waals surface area contributed by atoms with Crippen LogP contribution in [0.25, 0.3) is 0 Å². The Balaban J connectivity index is 1.53. The Kier molecular flexibility index (Phi) is 7.94. The van der Waals surface area contributed by atoms with Gasteiger partial charge in [-0.15, -0.1) is 0 Å². The highest BCUT2D eigenvalue weighted by molar-refractivity contribution is 5.94. The van der Waals surface area contributed by atoms with E-state index in [1.807, 2.05) is 43.3 Å². The summed E-state index contributed by atoms with van der Waals surface area (Å²) < 4.78 is 0. The summed E-state index contributed by atoms with van der Waals surface area (Å²) in [7, 11) is 1.98. The van der Waals surface area contributed by atoms with Crippen molar-refractivity contribution in [2.75, 3.05) is 42.2 Å².